The van der Waals surface area contributed by atoms with Crippen LogP contribution >= 0.6 is 11.6 Å². The molecule has 1 aromatic rings. The van der Waals surface area contributed by atoms with Crippen molar-refractivity contribution in [3.05, 3.63) is 34.9 Å². The number of sulfone groups is 1. The van der Waals surface area contributed by atoms with Gasteiger partial charge in [0.25, 0.3) is 0 Å². The molecule has 0 unspecified atom stereocenters. The summed E-state index contributed by atoms with van der Waals surface area (Å²) in [7, 11) is 0.530. The minimum absolute atomic E-state index is 0.0509. The largest absolute Gasteiger partial charge is 0.461 e. The molecule has 1 aromatic carbocycles. The summed E-state index contributed by atoms with van der Waals surface area (Å²) in [4.78, 5) is 13.2. The second kappa shape index (κ2) is 9.01. The van der Waals surface area contributed by atoms with Crippen LogP contribution in [0.1, 0.15) is 37.7 Å². The van der Waals surface area contributed by atoms with Gasteiger partial charge in [0, 0.05) is 5.02 Å². The van der Waals surface area contributed by atoms with Gasteiger partial charge in [0.2, 0.25) is 0 Å². The van der Waals surface area contributed by atoms with Gasteiger partial charge in [-0.25, -0.2) is 8.42 Å². The second-order valence-corrected chi connectivity index (χ2v) is 9.65. The molecule has 0 saturated heterocycles. The van der Waals surface area contributed by atoms with E-state index < -0.39 is 21.2 Å². The maximum atomic E-state index is 12.9. The molecule has 7 heteroatoms. The van der Waals surface area contributed by atoms with Gasteiger partial charge in [-0.1, -0.05) is 30.2 Å². The highest BCUT2D eigenvalue weighted by molar-refractivity contribution is 7.91. The molecule has 2 atom stereocenters. The zero-order valence-electron chi connectivity index (χ0n) is 14.8. The van der Waals surface area contributed by atoms with E-state index in [1.54, 1.807) is 24.3 Å². The van der Waals surface area contributed by atoms with Gasteiger partial charge in [-0.3, -0.25) is 4.79 Å². The Morgan fingerprint density at radius 1 is 1.20 bits per heavy atom. The van der Waals surface area contributed by atoms with Gasteiger partial charge in [0.1, 0.15) is 6.10 Å². The van der Waals surface area contributed by atoms with Crippen molar-refractivity contribution in [2.45, 2.75) is 49.2 Å². The summed E-state index contributed by atoms with van der Waals surface area (Å²) >= 11 is 5.86. The Morgan fingerprint density at radius 2 is 1.84 bits per heavy atom. The average molecular weight is 389 g/mol. The molecule has 2 rings (SSSR count). The van der Waals surface area contributed by atoms with E-state index in [0.29, 0.717) is 36.4 Å². The smallest absolute Gasteiger partial charge is 0.311 e. The maximum Gasteiger partial charge on any atom is 0.311 e. The van der Waals surface area contributed by atoms with Crippen LogP contribution in [-0.2, 0) is 25.1 Å². The van der Waals surface area contributed by atoms with Gasteiger partial charge in [0.15, 0.2) is 9.84 Å². The lowest BCUT2D eigenvalue weighted by Crippen LogP contribution is -3.05. The van der Waals surface area contributed by atoms with Gasteiger partial charge in [-0.05, 0) is 37.0 Å². The number of hydrogen-bond donors (Lipinski definition) is 1. The quantitative estimate of drug-likeness (QED) is 0.721. The minimum Gasteiger partial charge on any atom is -0.461 e. The molecule has 0 radical (unpaired) electrons. The number of rotatable bonds is 7. The first-order chi connectivity index (χ1) is 11.8. The first kappa shape index (κ1) is 20.2. The highest BCUT2D eigenvalue weighted by atomic mass is 35.5. The zero-order valence-corrected chi connectivity index (χ0v) is 16.4. The van der Waals surface area contributed by atoms with Crippen LogP contribution in [-0.4, -0.2) is 46.4 Å². The minimum atomic E-state index is -3.40. The molecule has 0 heterocycles. The number of nitrogens with one attached hydrogen (secondary N) is 1. The van der Waals surface area contributed by atoms with Crippen LogP contribution in [0.5, 0.6) is 0 Å². The van der Waals surface area contributed by atoms with Gasteiger partial charge < -0.3 is 9.64 Å². The average Bonchev–Trinajstić information content (AvgIpc) is 2.55. The summed E-state index contributed by atoms with van der Waals surface area (Å²) in [6.45, 7) is 0.674. The van der Waals surface area contributed by atoms with Gasteiger partial charge >= 0.3 is 5.97 Å². The Balaban J connectivity index is 2.04. The Bertz CT molecular complexity index is 673. The SMILES string of the molecule is C[NH+](C)CCC(=O)O[C@H]1CCCC[C@H]1S(=O)(=O)Cc1ccc(Cl)cc1. The number of ether oxygens (including phenoxy) is 1. The number of benzene rings is 1. The molecular weight excluding hydrogens is 362 g/mol. The lowest BCUT2D eigenvalue weighted by Gasteiger charge is -2.31. The molecule has 1 fully saturated rings. The zero-order chi connectivity index (χ0) is 18.4. The molecule has 140 valence electrons. The van der Waals surface area contributed by atoms with Gasteiger partial charge in [0.05, 0.1) is 38.1 Å². The van der Waals surface area contributed by atoms with Gasteiger partial charge in [-0.2, -0.15) is 0 Å². The second-order valence-electron chi connectivity index (χ2n) is 6.99. The predicted molar refractivity (Wildman–Crippen MR) is 98.5 cm³/mol. The lowest BCUT2D eigenvalue weighted by molar-refractivity contribution is -0.857. The molecule has 0 aliphatic heterocycles. The van der Waals surface area contributed by atoms with E-state index in [0.717, 1.165) is 17.7 Å². The molecule has 1 aliphatic rings. The first-order valence-electron chi connectivity index (χ1n) is 8.72. The fraction of sp³-hybridized carbons (Fsp3) is 0.611. The fourth-order valence-corrected chi connectivity index (χ4v) is 5.29. The fourth-order valence-electron chi connectivity index (χ4n) is 3.11. The molecule has 0 amide bonds. The Kier molecular flexibility index (Phi) is 7.28. The summed E-state index contributed by atoms with van der Waals surface area (Å²) in [6.07, 6.45) is 2.68. The number of carbonyl (C=O) groups is 1. The van der Waals surface area contributed by atoms with E-state index in [9.17, 15) is 13.2 Å². The number of carbonyl (C=O) groups excluding carboxylic acids is 1. The van der Waals surface area contributed by atoms with Crippen LogP contribution in [0, 0.1) is 0 Å². The van der Waals surface area contributed by atoms with E-state index >= 15 is 0 Å². The molecule has 0 bridgehead atoms. The van der Waals surface area contributed by atoms with Gasteiger partial charge in [-0.15, -0.1) is 0 Å². The summed E-state index contributed by atoms with van der Waals surface area (Å²) < 4.78 is 31.3. The molecule has 1 saturated carbocycles. The van der Waals surface area contributed by atoms with Crippen LogP contribution < -0.4 is 4.90 Å². The van der Waals surface area contributed by atoms with Crippen LogP contribution in [0.2, 0.25) is 5.02 Å². The van der Waals surface area contributed by atoms with Crippen molar-refractivity contribution < 1.29 is 22.8 Å². The summed E-state index contributed by atoms with van der Waals surface area (Å²) in [5, 5.41) is -0.0405. The summed E-state index contributed by atoms with van der Waals surface area (Å²) in [6, 6.07) is 6.83. The number of hydrogen-bond acceptors (Lipinski definition) is 4. The van der Waals surface area contributed by atoms with Crippen molar-refractivity contribution in [1.29, 1.82) is 0 Å². The van der Waals surface area contributed by atoms with Crippen LogP contribution in [0.15, 0.2) is 24.3 Å². The first-order valence-corrected chi connectivity index (χ1v) is 10.8. The number of quaternary nitrogens is 1. The third-order valence-corrected chi connectivity index (χ3v) is 6.95. The lowest BCUT2D eigenvalue weighted by atomic mass is 9.97. The number of halogens is 1. The summed E-state index contributed by atoms with van der Waals surface area (Å²) in [5.74, 6) is -0.357. The van der Waals surface area contributed by atoms with Crippen molar-refractivity contribution in [2.75, 3.05) is 20.6 Å². The van der Waals surface area contributed by atoms with Crippen LogP contribution in [0.3, 0.4) is 0 Å². The van der Waals surface area contributed by atoms with Crippen molar-refractivity contribution in [3.8, 4) is 0 Å². The maximum absolute atomic E-state index is 12.9. The molecular formula is C18H27ClNO4S+. The van der Waals surface area contributed by atoms with E-state index in [1.807, 2.05) is 14.1 Å². The van der Waals surface area contributed by atoms with E-state index in [4.69, 9.17) is 16.3 Å². The molecule has 0 spiro atoms. The molecule has 5 nitrogen and oxygen atoms in total. The normalized spacial score (nSPS) is 21.3. The Hall–Kier alpha value is -1.11. The number of esters is 1. The Labute approximate surface area is 155 Å². The molecule has 0 aromatic heterocycles. The van der Waals surface area contributed by atoms with Crippen molar-refractivity contribution in [3.63, 3.8) is 0 Å². The molecule has 25 heavy (non-hydrogen) atoms. The van der Waals surface area contributed by atoms with Crippen molar-refractivity contribution in [1.82, 2.24) is 0 Å². The van der Waals surface area contributed by atoms with Crippen molar-refractivity contribution >= 4 is 27.4 Å². The highest BCUT2D eigenvalue weighted by Gasteiger charge is 2.37. The summed E-state index contributed by atoms with van der Waals surface area (Å²) in [5.41, 5.74) is 0.705. The third kappa shape index (κ3) is 6.28. The molecule has 1 aliphatic carbocycles. The third-order valence-electron chi connectivity index (χ3n) is 4.50. The van der Waals surface area contributed by atoms with E-state index in [2.05, 4.69) is 0 Å². The van der Waals surface area contributed by atoms with E-state index in [-0.39, 0.29) is 11.7 Å². The van der Waals surface area contributed by atoms with E-state index in [1.165, 1.54) is 0 Å². The van der Waals surface area contributed by atoms with Crippen molar-refractivity contribution in [2.24, 2.45) is 0 Å². The highest BCUT2D eigenvalue weighted by Crippen LogP contribution is 2.29. The topological polar surface area (TPSA) is 64.9 Å². The van der Waals surface area contributed by atoms with Crippen LogP contribution in [0.25, 0.3) is 0 Å². The Morgan fingerprint density at radius 3 is 2.48 bits per heavy atom. The van der Waals surface area contributed by atoms with Crippen LogP contribution in [0.4, 0.5) is 0 Å². The monoisotopic (exact) mass is 388 g/mol. The standard InChI is InChI=1S/C18H26ClNO4S/c1-20(2)12-11-18(21)24-16-5-3-4-6-17(16)25(22,23)13-14-7-9-15(19)10-8-14/h7-10,16-17H,3-6,11-13H2,1-2H3/p+1/t16-,17+/m0/s1. The predicted octanol–water partition coefficient (Wildman–Crippen LogP) is 1.64. The molecule has 1 N–H and O–H groups in total.